The van der Waals surface area contributed by atoms with Crippen LogP contribution in [0, 0.1) is 26.3 Å². The van der Waals surface area contributed by atoms with Crippen LogP contribution in [0.2, 0.25) is 0 Å². The van der Waals surface area contributed by atoms with Crippen molar-refractivity contribution in [2.75, 3.05) is 34.0 Å². The van der Waals surface area contributed by atoms with Gasteiger partial charge in [-0.2, -0.15) is 6.67 Å². The van der Waals surface area contributed by atoms with Gasteiger partial charge in [-0.05, 0) is 60.8 Å². The Morgan fingerprint density at radius 2 is 1.29 bits per heavy atom. The van der Waals surface area contributed by atoms with Gasteiger partial charge in [0.15, 0.2) is 0 Å². The number of nitrogens with zero attached hydrogens (tertiary/aromatic N) is 8. The van der Waals surface area contributed by atoms with Gasteiger partial charge >= 0.3 is 21.1 Å². The van der Waals surface area contributed by atoms with Gasteiger partial charge in [-0.15, -0.1) is 53.2 Å². The number of hydrogen-bond donors (Lipinski definition) is 1. The Balaban J connectivity index is 0.000000308. The third kappa shape index (κ3) is 8.27. The molecule has 0 bridgehead atoms. The fourth-order valence-corrected chi connectivity index (χ4v) is 8.71. The molecular formula is C49H39N9O2PtS. The molecule has 2 aliphatic rings. The fraction of sp³-hybridized carbons (Fsp3) is 0.0612. The first-order valence-electron chi connectivity index (χ1n) is 22.1. The van der Waals surface area contributed by atoms with Gasteiger partial charge in [-0.3, -0.25) is 4.98 Å². The molecule has 13 heteroatoms. The number of aryl methyl sites for hydroxylation is 1. The monoisotopic (exact) mass is 1020 g/mol. The van der Waals surface area contributed by atoms with Crippen molar-refractivity contribution in [3.63, 3.8) is 0 Å². The van der Waals surface area contributed by atoms with Crippen molar-refractivity contribution in [2.24, 2.45) is 0 Å². The van der Waals surface area contributed by atoms with Crippen LogP contribution in [-0.4, -0.2) is 42.3 Å². The summed E-state index contributed by atoms with van der Waals surface area (Å²) in [6.07, 6.45) is 5.87. The van der Waals surface area contributed by atoms with E-state index in [1.807, 2.05) is 78.9 Å². The van der Waals surface area contributed by atoms with Crippen LogP contribution in [0.15, 0.2) is 174 Å². The van der Waals surface area contributed by atoms with Crippen molar-refractivity contribution in [2.45, 2.75) is 16.7 Å². The SMILES string of the molecule is O=S1(=O)c2ccccc2[N-]c2ccccc21.[2H]C([2H])([2H])N([CH-]Nc1[c-]c(N2[CH-]N(C([2H])([2H])[2H])c3nccnc32)cc(-c2c(-c3ccccc3)cccc2-c2ccccc2)c1)c1nccnc1C.[Pt+4]. The van der Waals surface area contributed by atoms with Crippen LogP contribution in [0.25, 0.3) is 38.7 Å². The molecule has 0 saturated heterocycles. The van der Waals surface area contributed by atoms with Crippen molar-refractivity contribution in [1.82, 2.24) is 19.9 Å². The predicted molar refractivity (Wildman–Crippen MR) is 243 cm³/mol. The number of rotatable bonds is 8. The van der Waals surface area contributed by atoms with E-state index in [2.05, 4.69) is 48.8 Å². The molecule has 2 aliphatic heterocycles. The molecule has 62 heavy (non-hydrogen) atoms. The molecule has 10 rings (SSSR count). The van der Waals surface area contributed by atoms with Crippen molar-refractivity contribution in [3.8, 4) is 33.4 Å². The minimum atomic E-state index is -3.40. The first-order valence-corrected chi connectivity index (χ1v) is 20.5. The maximum absolute atomic E-state index is 12.2. The molecule has 1 N–H and O–H groups in total. The topological polar surface area (TPSA) is 122 Å². The van der Waals surface area contributed by atoms with Gasteiger partial charge in [0.1, 0.15) is 17.5 Å². The summed E-state index contributed by atoms with van der Waals surface area (Å²) in [5, 5.41) is 7.48. The molecule has 0 aliphatic carbocycles. The van der Waals surface area contributed by atoms with Crippen LogP contribution in [0.5, 0.6) is 0 Å². The maximum atomic E-state index is 12.2. The second-order valence-electron chi connectivity index (χ2n) is 13.8. The average Bonchev–Trinajstić information content (AvgIpc) is 3.73. The molecule has 11 nitrogen and oxygen atoms in total. The van der Waals surface area contributed by atoms with Crippen molar-refractivity contribution in [1.29, 1.82) is 0 Å². The molecule has 0 spiro atoms. The van der Waals surface area contributed by atoms with Gasteiger partial charge in [0.2, 0.25) is 9.84 Å². The standard InChI is InChI=1S/C37H31N8.C12H8NO2S.Pt/c1-26-35(39-18-17-38-26)43(2)24-42-30-21-29(22-31(23-30)45-25-44(3)36-37(45)41-20-19-40-36)34-32(27-11-6-4-7-12-27)15-10-16-33(34)28-13-8-5-9-14-28;14-16(15)11-7-3-1-5-9(11)13-10-6-2-4-8-12(10)16;/h4-22,24-25,42H,1-3H3;1-8H;/q-3;-1;+4/i2D3,3D3;;. The third-order valence-corrected chi connectivity index (χ3v) is 11.8. The fourth-order valence-electron chi connectivity index (χ4n) is 7.18. The average molecular weight is 1020 g/mol. The number of aromatic nitrogens is 4. The van der Waals surface area contributed by atoms with Crippen LogP contribution in [0.3, 0.4) is 0 Å². The van der Waals surface area contributed by atoms with E-state index in [1.165, 1.54) is 38.1 Å². The molecule has 2 aromatic heterocycles. The van der Waals surface area contributed by atoms with E-state index in [4.69, 9.17) is 8.22 Å². The normalized spacial score (nSPS) is 14.8. The van der Waals surface area contributed by atoms with Crippen LogP contribution in [-0.2, 0) is 30.9 Å². The molecule has 0 radical (unpaired) electrons. The minimum Gasteiger partial charge on any atom is -0.656 e. The van der Waals surface area contributed by atoms with Gasteiger partial charge in [-0.25, -0.2) is 23.4 Å². The Morgan fingerprint density at radius 1 is 0.710 bits per heavy atom. The maximum Gasteiger partial charge on any atom is 4.00 e. The van der Waals surface area contributed by atoms with Crippen LogP contribution in [0.1, 0.15) is 13.9 Å². The molecule has 0 atom stereocenters. The Morgan fingerprint density at radius 3 is 1.90 bits per heavy atom. The quantitative estimate of drug-likeness (QED) is 0.147. The molecule has 0 unspecified atom stereocenters. The number of nitrogens with one attached hydrogen (secondary N) is 1. The third-order valence-electron chi connectivity index (χ3n) is 9.97. The summed E-state index contributed by atoms with van der Waals surface area (Å²) in [6.45, 7) is -0.711. The summed E-state index contributed by atoms with van der Waals surface area (Å²) >= 11 is 0. The Kier molecular flexibility index (Phi) is 10.1. The van der Waals surface area contributed by atoms with E-state index in [0.717, 1.165) is 43.2 Å². The second-order valence-corrected chi connectivity index (χ2v) is 15.7. The summed E-state index contributed by atoms with van der Waals surface area (Å²) in [5.41, 5.74) is 7.84. The summed E-state index contributed by atoms with van der Waals surface area (Å²) in [4.78, 5) is 21.7. The first kappa shape index (κ1) is 34.8. The molecule has 308 valence electrons. The van der Waals surface area contributed by atoms with E-state index < -0.39 is 23.8 Å². The van der Waals surface area contributed by atoms with E-state index in [0.29, 0.717) is 34.3 Å². The molecule has 0 amide bonds. The van der Waals surface area contributed by atoms with Gasteiger partial charge in [0.05, 0.1) is 15.5 Å². The summed E-state index contributed by atoms with van der Waals surface area (Å²) in [6, 6.07) is 46.9. The largest absolute Gasteiger partial charge is 4.00 e. The van der Waals surface area contributed by atoms with Crippen LogP contribution < -0.4 is 20.0 Å². The van der Waals surface area contributed by atoms with Gasteiger partial charge < -0.3 is 25.3 Å². The minimum absolute atomic E-state index is 0. The van der Waals surface area contributed by atoms with Crippen LogP contribution >= 0.6 is 0 Å². The zero-order valence-corrected chi connectivity index (χ0v) is 36.0. The predicted octanol–water partition coefficient (Wildman–Crippen LogP) is 10.9. The van der Waals surface area contributed by atoms with Gasteiger partial charge in [0.25, 0.3) is 0 Å². The molecule has 0 fully saturated rings. The van der Waals surface area contributed by atoms with E-state index >= 15 is 0 Å². The molecule has 8 aromatic rings. The van der Waals surface area contributed by atoms with E-state index in [-0.39, 0.29) is 42.5 Å². The number of fused-ring (bicyclic) bond motifs is 3. The second kappa shape index (κ2) is 18.0. The van der Waals surface area contributed by atoms with E-state index in [9.17, 15) is 8.42 Å². The zero-order valence-electron chi connectivity index (χ0n) is 38.9. The molecule has 4 heterocycles. The number of hydrogen-bond acceptors (Lipinski definition) is 10. The number of sulfone groups is 1. The number of anilines is 5. The number of para-hydroxylation sites is 2. The van der Waals surface area contributed by atoms with E-state index in [1.54, 1.807) is 60.4 Å². The number of benzene rings is 6. The summed E-state index contributed by atoms with van der Waals surface area (Å²) in [5.74, 6) is 0.627. The Bertz CT molecular complexity index is 3090. The summed E-state index contributed by atoms with van der Waals surface area (Å²) < 4.78 is 73.9. The summed E-state index contributed by atoms with van der Waals surface area (Å²) in [7, 11) is -3.40. The van der Waals surface area contributed by atoms with Crippen molar-refractivity contribution in [3.05, 3.63) is 195 Å². The smallest absolute Gasteiger partial charge is 0.656 e. The molecule has 0 saturated carbocycles. The molecule has 6 aromatic carbocycles. The Hall–Kier alpha value is -6.88. The molecular weight excluding hydrogens is 974 g/mol. The van der Waals surface area contributed by atoms with Gasteiger partial charge in [-0.1, -0.05) is 115 Å². The Labute approximate surface area is 384 Å². The zero-order chi connectivity index (χ0) is 46.9. The van der Waals surface area contributed by atoms with Crippen molar-refractivity contribution >= 4 is 50.0 Å². The van der Waals surface area contributed by atoms with Crippen molar-refractivity contribution < 1.29 is 37.7 Å². The van der Waals surface area contributed by atoms with Gasteiger partial charge in [0, 0.05) is 33.0 Å². The first-order chi connectivity index (χ1) is 32.2. The van der Waals surface area contributed by atoms with Crippen LogP contribution in [0.4, 0.5) is 40.2 Å².